The molecule has 0 aromatic heterocycles. The number of amides is 1. The molecule has 0 radical (unpaired) electrons. The minimum Gasteiger partial charge on any atom is -0.393 e. The normalized spacial score (nSPS) is 26.1. The Balaban J connectivity index is 1.69. The maximum atomic E-state index is 13.1. The van der Waals surface area contributed by atoms with Crippen molar-refractivity contribution in [3.05, 3.63) is 35.4 Å². The second kappa shape index (κ2) is 7.54. The van der Waals surface area contributed by atoms with Gasteiger partial charge >= 0.3 is 6.18 Å². The zero-order valence-electron chi connectivity index (χ0n) is 14.3. The Labute approximate surface area is 150 Å². The van der Waals surface area contributed by atoms with Crippen molar-refractivity contribution in [2.45, 2.75) is 43.7 Å². The maximum Gasteiger partial charge on any atom is 0.417 e. The average Bonchev–Trinajstić information content (AvgIpc) is 2.61. The number of nitrogens with zero attached hydrogens (tertiary/aromatic N) is 2. The van der Waals surface area contributed by atoms with Crippen LogP contribution in [0.1, 0.15) is 35.2 Å². The van der Waals surface area contributed by atoms with Crippen LogP contribution in [0.4, 0.5) is 13.2 Å². The van der Waals surface area contributed by atoms with Gasteiger partial charge in [0.15, 0.2) is 0 Å². The molecule has 2 N–H and O–H groups in total. The summed E-state index contributed by atoms with van der Waals surface area (Å²) in [6.45, 7) is 1.65. The molecular weight excluding hydrogens is 349 g/mol. The summed E-state index contributed by atoms with van der Waals surface area (Å²) in [7, 11) is 0. The third-order valence-electron chi connectivity index (χ3n) is 5.26. The van der Waals surface area contributed by atoms with Crippen molar-refractivity contribution >= 4 is 5.91 Å². The van der Waals surface area contributed by atoms with E-state index in [1.54, 1.807) is 0 Å². The first-order chi connectivity index (χ1) is 12.3. The quantitative estimate of drug-likeness (QED) is 0.830. The van der Waals surface area contributed by atoms with Crippen molar-refractivity contribution in [3.8, 4) is 0 Å². The zero-order chi connectivity index (χ0) is 18.9. The number of hydrogen-bond acceptors (Lipinski definition) is 4. The first-order valence-electron chi connectivity index (χ1n) is 8.83. The Morgan fingerprint density at radius 1 is 1.04 bits per heavy atom. The number of carbonyl (C=O) groups is 1. The molecule has 2 aliphatic heterocycles. The monoisotopic (exact) mass is 372 g/mol. The van der Waals surface area contributed by atoms with Crippen molar-refractivity contribution in [2.75, 3.05) is 26.2 Å². The van der Waals surface area contributed by atoms with Gasteiger partial charge in [-0.15, -0.1) is 0 Å². The van der Waals surface area contributed by atoms with E-state index in [4.69, 9.17) is 0 Å². The van der Waals surface area contributed by atoms with Crippen LogP contribution in [-0.2, 0) is 6.18 Å². The smallest absolute Gasteiger partial charge is 0.393 e. The van der Waals surface area contributed by atoms with Crippen LogP contribution in [0.5, 0.6) is 0 Å². The number of β-amino-alcohol motifs (C(OH)–C–C–N with tert-alkyl or cyclic N) is 1. The standard InChI is InChI=1S/C18H23F3N2O3/c19-18(20,21)14-4-2-1-3-13(14)17(26)23-10-7-15(16(25)11-23)22-8-5-12(24)6-9-22/h1-4,12,15-16,24-25H,5-11H2/t15-,16-/m1/s1. The predicted molar refractivity (Wildman–Crippen MR) is 88.6 cm³/mol. The fourth-order valence-electron chi connectivity index (χ4n) is 3.83. The first kappa shape index (κ1) is 19.1. The number of hydrogen-bond donors (Lipinski definition) is 2. The highest BCUT2D eigenvalue weighted by molar-refractivity contribution is 5.96. The molecule has 0 aliphatic carbocycles. The molecule has 1 aromatic carbocycles. The molecular formula is C18H23F3N2O3. The molecule has 2 aliphatic rings. The molecule has 3 rings (SSSR count). The number of rotatable bonds is 2. The van der Waals surface area contributed by atoms with E-state index < -0.39 is 23.8 Å². The van der Waals surface area contributed by atoms with Crippen LogP contribution in [0.2, 0.25) is 0 Å². The molecule has 0 saturated carbocycles. The number of likely N-dealkylation sites (tertiary alicyclic amines) is 2. The number of alkyl halides is 3. The Kier molecular flexibility index (Phi) is 5.55. The summed E-state index contributed by atoms with van der Waals surface area (Å²) in [4.78, 5) is 16.0. The molecule has 0 bridgehead atoms. The van der Waals surface area contributed by atoms with E-state index in [1.165, 1.54) is 23.1 Å². The molecule has 0 unspecified atom stereocenters. The van der Waals surface area contributed by atoms with Gasteiger partial charge in [-0.3, -0.25) is 9.69 Å². The molecule has 8 heteroatoms. The Hall–Kier alpha value is -1.64. The number of piperidine rings is 2. The van der Waals surface area contributed by atoms with E-state index >= 15 is 0 Å². The topological polar surface area (TPSA) is 64.0 Å². The number of halogens is 3. The van der Waals surface area contributed by atoms with Gasteiger partial charge in [0.2, 0.25) is 0 Å². The van der Waals surface area contributed by atoms with Gasteiger partial charge in [-0.05, 0) is 31.4 Å². The van der Waals surface area contributed by atoms with Crippen LogP contribution >= 0.6 is 0 Å². The lowest BCUT2D eigenvalue weighted by Gasteiger charge is -2.43. The summed E-state index contributed by atoms with van der Waals surface area (Å²) in [6, 6.07) is 4.60. The van der Waals surface area contributed by atoms with Gasteiger partial charge in [-0.2, -0.15) is 13.2 Å². The van der Waals surface area contributed by atoms with E-state index in [-0.39, 0.29) is 24.3 Å². The lowest BCUT2D eigenvalue weighted by atomic mass is 9.95. The van der Waals surface area contributed by atoms with Gasteiger partial charge in [0.25, 0.3) is 5.91 Å². The summed E-state index contributed by atoms with van der Waals surface area (Å²) in [5, 5.41) is 20.1. The maximum absolute atomic E-state index is 13.1. The van der Waals surface area contributed by atoms with Crippen LogP contribution in [-0.4, -0.2) is 70.3 Å². The molecule has 1 aromatic rings. The van der Waals surface area contributed by atoms with Crippen molar-refractivity contribution in [1.29, 1.82) is 0 Å². The molecule has 1 amide bonds. The van der Waals surface area contributed by atoms with Crippen LogP contribution in [0.25, 0.3) is 0 Å². The van der Waals surface area contributed by atoms with Gasteiger partial charge in [-0.1, -0.05) is 12.1 Å². The number of aliphatic hydroxyl groups is 2. The van der Waals surface area contributed by atoms with Gasteiger partial charge in [0.1, 0.15) is 0 Å². The van der Waals surface area contributed by atoms with Crippen molar-refractivity contribution < 1.29 is 28.2 Å². The average molecular weight is 372 g/mol. The molecule has 0 spiro atoms. The molecule has 2 heterocycles. The summed E-state index contributed by atoms with van der Waals surface area (Å²) in [6.07, 6.45) is -3.95. The van der Waals surface area contributed by atoms with Crippen LogP contribution in [0.3, 0.4) is 0 Å². The fraction of sp³-hybridized carbons (Fsp3) is 0.611. The fourth-order valence-corrected chi connectivity index (χ4v) is 3.83. The Morgan fingerprint density at radius 2 is 1.69 bits per heavy atom. The second-order valence-electron chi connectivity index (χ2n) is 6.99. The summed E-state index contributed by atoms with van der Waals surface area (Å²) < 4.78 is 39.4. The van der Waals surface area contributed by atoms with Gasteiger partial charge in [0.05, 0.1) is 23.3 Å². The highest BCUT2D eigenvalue weighted by Gasteiger charge is 2.39. The molecule has 5 nitrogen and oxygen atoms in total. The highest BCUT2D eigenvalue weighted by atomic mass is 19.4. The molecule has 2 fully saturated rings. The third kappa shape index (κ3) is 4.02. The van der Waals surface area contributed by atoms with Gasteiger partial charge in [0, 0.05) is 32.2 Å². The summed E-state index contributed by atoms with van der Waals surface area (Å²) in [5.74, 6) is -0.704. The lowest BCUT2D eigenvalue weighted by Crippen LogP contribution is -2.57. The van der Waals surface area contributed by atoms with E-state index in [0.29, 0.717) is 38.9 Å². The Bertz CT molecular complexity index is 645. The zero-order valence-corrected chi connectivity index (χ0v) is 14.3. The highest BCUT2D eigenvalue weighted by Crippen LogP contribution is 2.33. The molecule has 26 heavy (non-hydrogen) atoms. The van der Waals surface area contributed by atoms with Gasteiger partial charge < -0.3 is 15.1 Å². The first-order valence-corrected chi connectivity index (χ1v) is 8.83. The largest absolute Gasteiger partial charge is 0.417 e. The van der Waals surface area contributed by atoms with E-state index in [2.05, 4.69) is 4.90 Å². The number of carbonyl (C=O) groups excluding carboxylic acids is 1. The summed E-state index contributed by atoms with van der Waals surface area (Å²) in [5.41, 5.74) is -1.33. The lowest BCUT2D eigenvalue weighted by molar-refractivity contribution is -0.138. The Morgan fingerprint density at radius 3 is 2.31 bits per heavy atom. The van der Waals surface area contributed by atoms with Crippen molar-refractivity contribution in [3.63, 3.8) is 0 Å². The molecule has 144 valence electrons. The van der Waals surface area contributed by atoms with Crippen LogP contribution in [0, 0.1) is 0 Å². The minimum absolute atomic E-state index is 0.00868. The van der Waals surface area contributed by atoms with Crippen molar-refractivity contribution in [2.24, 2.45) is 0 Å². The molecule has 2 atom stereocenters. The second-order valence-corrected chi connectivity index (χ2v) is 6.99. The van der Waals surface area contributed by atoms with Gasteiger partial charge in [-0.25, -0.2) is 0 Å². The van der Waals surface area contributed by atoms with Crippen molar-refractivity contribution in [1.82, 2.24) is 9.80 Å². The van der Waals surface area contributed by atoms with E-state index in [0.717, 1.165) is 6.07 Å². The third-order valence-corrected chi connectivity index (χ3v) is 5.26. The predicted octanol–water partition coefficient (Wildman–Crippen LogP) is 1.74. The SMILES string of the molecule is O=C(c1ccccc1C(F)(F)F)N1CC[C@@H](N2CCC(O)CC2)[C@H](O)C1. The minimum atomic E-state index is -4.60. The van der Waals surface area contributed by atoms with E-state index in [9.17, 15) is 28.2 Å². The van der Waals surface area contributed by atoms with Crippen LogP contribution in [0.15, 0.2) is 24.3 Å². The van der Waals surface area contributed by atoms with E-state index in [1.807, 2.05) is 0 Å². The molecule has 2 saturated heterocycles. The van der Waals surface area contributed by atoms with Crippen LogP contribution < -0.4 is 0 Å². The summed E-state index contributed by atoms with van der Waals surface area (Å²) >= 11 is 0. The number of aliphatic hydroxyl groups excluding tert-OH is 2. The number of benzene rings is 1.